The molecule has 1 nitrogen and oxygen atoms in total. The van der Waals surface area contributed by atoms with Gasteiger partial charge in [0.1, 0.15) is 0 Å². The molecule has 0 radical (unpaired) electrons. The van der Waals surface area contributed by atoms with E-state index in [-0.39, 0.29) is 0 Å². The lowest BCUT2D eigenvalue weighted by atomic mass is 9.99. The summed E-state index contributed by atoms with van der Waals surface area (Å²) < 4.78 is 2.26. The summed E-state index contributed by atoms with van der Waals surface area (Å²) in [7, 11) is 0. The van der Waals surface area contributed by atoms with Gasteiger partial charge >= 0.3 is 0 Å². The maximum Gasteiger partial charge on any atom is 0.0360 e. The fourth-order valence-electron chi connectivity index (χ4n) is 2.22. The van der Waals surface area contributed by atoms with E-state index in [0.717, 1.165) is 28.3 Å². The summed E-state index contributed by atoms with van der Waals surface area (Å²) in [6.45, 7) is 3.24. The smallest absolute Gasteiger partial charge is 0.0360 e. The standard InChI is InChI=1S/C17H19Br2N/c1-2-10-20-17(14-6-8-15(18)9-7-14)12-13-4-3-5-16(19)11-13/h3-9,11,17,20H,2,10,12H2,1H3. The molecule has 106 valence electrons. The van der Waals surface area contributed by atoms with Crippen LogP contribution in [0, 0.1) is 0 Å². The summed E-state index contributed by atoms with van der Waals surface area (Å²) in [5.74, 6) is 0. The van der Waals surface area contributed by atoms with E-state index in [1.807, 2.05) is 0 Å². The number of halogens is 2. The number of hydrogen-bond acceptors (Lipinski definition) is 1. The normalized spacial score (nSPS) is 12.3. The fraction of sp³-hybridized carbons (Fsp3) is 0.294. The lowest BCUT2D eigenvalue weighted by molar-refractivity contribution is 0.529. The molecule has 0 aromatic heterocycles. The molecule has 3 heteroatoms. The van der Waals surface area contributed by atoms with E-state index in [4.69, 9.17) is 0 Å². The summed E-state index contributed by atoms with van der Waals surface area (Å²) in [6.07, 6.45) is 2.15. The van der Waals surface area contributed by atoms with Crippen molar-refractivity contribution in [2.75, 3.05) is 6.54 Å². The molecule has 0 fully saturated rings. The molecule has 0 saturated carbocycles. The van der Waals surface area contributed by atoms with E-state index in [9.17, 15) is 0 Å². The Labute approximate surface area is 138 Å². The molecule has 20 heavy (non-hydrogen) atoms. The van der Waals surface area contributed by atoms with E-state index < -0.39 is 0 Å². The second-order valence-corrected chi connectivity index (χ2v) is 6.72. The second-order valence-electron chi connectivity index (χ2n) is 4.89. The molecule has 0 aliphatic heterocycles. The van der Waals surface area contributed by atoms with Gasteiger partial charge in [-0.1, -0.05) is 63.0 Å². The Bertz CT molecular complexity index is 537. The highest BCUT2D eigenvalue weighted by atomic mass is 79.9. The molecule has 0 bridgehead atoms. The van der Waals surface area contributed by atoms with E-state index in [0.29, 0.717) is 6.04 Å². The molecular weight excluding hydrogens is 378 g/mol. The minimum absolute atomic E-state index is 0.359. The van der Waals surface area contributed by atoms with Gasteiger partial charge in [0.25, 0.3) is 0 Å². The quantitative estimate of drug-likeness (QED) is 0.680. The first-order chi connectivity index (χ1) is 9.69. The molecule has 0 heterocycles. The summed E-state index contributed by atoms with van der Waals surface area (Å²) in [5, 5.41) is 3.64. The first-order valence-electron chi connectivity index (χ1n) is 6.92. The molecule has 2 rings (SSSR count). The van der Waals surface area contributed by atoms with Crippen LogP contribution in [0.1, 0.15) is 30.5 Å². The van der Waals surface area contributed by atoms with Gasteiger partial charge in [-0.2, -0.15) is 0 Å². The SMILES string of the molecule is CCCNC(Cc1cccc(Br)c1)c1ccc(Br)cc1. The lowest BCUT2D eigenvalue weighted by Gasteiger charge is -2.19. The average molecular weight is 397 g/mol. The zero-order valence-corrected chi connectivity index (χ0v) is 14.7. The summed E-state index contributed by atoms with van der Waals surface area (Å²) >= 11 is 7.04. The van der Waals surface area contributed by atoms with Crippen molar-refractivity contribution in [3.63, 3.8) is 0 Å². The molecule has 0 amide bonds. The molecular formula is C17H19Br2N. The van der Waals surface area contributed by atoms with Crippen LogP contribution < -0.4 is 5.32 Å². The van der Waals surface area contributed by atoms with Crippen LogP contribution in [0.5, 0.6) is 0 Å². The van der Waals surface area contributed by atoms with E-state index in [2.05, 4.69) is 92.6 Å². The Kier molecular flexibility index (Phi) is 6.27. The molecule has 2 aromatic rings. The Morgan fingerprint density at radius 1 is 1.00 bits per heavy atom. The minimum atomic E-state index is 0.359. The third-order valence-corrected chi connectivity index (χ3v) is 4.26. The van der Waals surface area contributed by atoms with Crippen LogP contribution in [0.15, 0.2) is 57.5 Å². The van der Waals surface area contributed by atoms with Gasteiger partial charge in [0.2, 0.25) is 0 Å². The van der Waals surface area contributed by atoms with Crippen molar-refractivity contribution in [2.24, 2.45) is 0 Å². The van der Waals surface area contributed by atoms with Gasteiger partial charge < -0.3 is 5.32 Å². The van der Waals surface area contributed by atoms with Crippen molar-refractivity contribution >= 4 is 31.9 Å². The summed E-state index contributed by atoms with van der Waals surface area (Å²) in [6, 6.07) is 17.5. The van der Waals surface area contributed by atoms with Gasteiger partial charge in [-0.25, -0.2) is 0 Å². The average Bonchev–Trinajstić information content (AvgIpc) is 2.44. The van der Waals surface area contributed by atoms with Crippen LogP contribution in [0.4, 0.5) is 0 Å². The second kappa shape index (κ2) is 7.96. The van der Waals surface area contributed by atoms with Crippen molar-refractivity contribution in [1.29, 1.82) is 0 Å². The summed E-state index contributed by atoms with van der Waals surface area (Å²) in [5.41, 5.74) is 2.68. The van der Waals surface area contributed by atoms with E-state index >= 15 is 0 Å². The highest BCUT2D eigenvalue weighted by molar-refractivity contribution is 9.10. The Morgan fingerprint density at radius 2 is 1.75 bits per heavy atom. The van der Waals surface area contributed by atoms with Gasteiger partial charge in [0, 0.05) is 15.0 Å². The lowest BCUT2D eigenvalue weighted by Crippen LogP contribution is -2.24. The van der Waals surface area contributed by atoms with Crippen molar-refractivity contribution in [3.05, 3.63) is 68.6 Å². The molecule has 1 atom stereocenters. The van der Waals surface area contributed by atoms with Crippen LogP contribution in [-0.4, -0.2) is 6.54 Å². The van der Waals surface area contributed by atoms with Crippen LogP contribution in [0.2, 0.25) is 0 Å². The highest BCUT2D eigenvalue weighted by Gasteiger charge is 2.11. The van der Waals surface area contributed by atoms with Gasteiger partial charge in [-0.15, -0.1) is 0 Å². The third-order valence-electron chi connectivity index (χ3n) is 3.24. The van der Waals surface area contributed by atoms with Crippen LogP contribution >= 0.6 is 31.9 Å². The first kappa shape index (κ1) is 15.7. The maximum absolute atomic E-state index is 3.64. The van der Waals surface area contributed by atoms with Crippen molar-refractivity contribution in [2.45, 2.75) is 25.8 Å². The zero-order valence-electron chi connectivity index (χ0n) is 11.6. The largest absolute Gasteiger partial charge is 0.310 e. The van der Waals surface area contributed by atoms with Crippen molar-refractivity contribution in [1.82, 2.24) is 5.32 Å². The molecule has 0 saturated heterocycles. The predicted molar refractivity (Wildman–Crippen MR) is 93.0 cm³/mol. The topological polar surface area (TPSA) is 12.0 Å². The monoisotopic (exact) mass is 395 g/mol. The van der Waals surface area contributed by atoms with Crippen LogP contribution in [0.3, 0.4) is 0 Å². The zero-order chi connectivity index (χ0) is 14.4. The van der Waals surface area contributed by atoms with Crippen LogP contribution in [0.25, 0.3) is 0 Å². The van der Waals surface area contributed by atoms with Crippen molar-refractivity contribution < 1.29 is 0 Å². The third kappa shape index (κ3) is 4.72. The molecule has 0 aliphatic rings. The van der Waals surface area contributed by atoms with E-state index in [1.165, 1.54) is 11.1 Å². The summed E-state index contributed by atoms with van der Waals surface area (Å²) in [4.78, 5) is 0. The van der Waals surface area contributed by atoms with Gasteiger partial charge in [-0.05, 0) is 54.8 Å². The first-order valence-corrected chi connectivity index (χ1v) is 8.51. The Balaban J connectivity index is 2.16. The fourth-order valence-corrected chi connectivity index (χ4v) is 2.93. The molecule has 0 spiro atoms. The molecule has 1 N–H and O–H groups in total. The number of hydrogen-bond donors (Lipinski definition) is 1. The minimum Gasteiger partial charge on any atom is -0.310 e. The number of nitrogens with one attached hydrogen (secondary N) is 1. The molecule has 2 aromatic carbocycles. The molecule has 1 unspecified atom stereocenters. The number of benzene rings is 2. The van der Waals surface area contributed by atoms with Gasteiger partial charge in [-0.3, -0.25) is 0 Å². The van der Waals surface area contributed by atoms with E-state index in [1.54, 1.807) is 0 Å². The Morgan fingerprint density at radius 3 is 2.40 bits per heavy atom. The van der Waals surface area contributed by atoms with Crippen molar-refractivity contribution in [3.8, 4) is 0 Å². The maximum atomic E-state index is 3.64. The number of rotatable bonds is 6. The van der Waals surface area contributed by atoms with Crippen LogP contribution in [-0.2, 0) is 6.42 Å². The van der Waals surface area contributed by atoms with Gasteiger partial charge in [0.15, 0.2) is 0 Å². The Hall–Kier alpha value is -0.640. The molecule has 0 aliphatic carbocycles. The van der Waals surface area contributed by atoms with Gasteiger partial charge in [0.05, 0.1) is 0 Å². The predicted octanol–water partition coefficient (Wildman–Crippen LogP) is 5.50. The highest BCUT2D eigenvalue weighted by Crippen LogP contribution is 2.22.